The number of fused-ring (bicyclic) bond motifs is 1. The minimum absolute atomic E-state index is 0.265. The van der Waals surface area contributed by atoms with Crippen LogP contribution in [0.15, 0.2) is 60.8 Å². The van der Waals surface area contributed by atoms with E-state index in [1.807, 2.05) is 37.3 Å². The predicted octanol–water partition coefficient (Wildman–Crippen LogP) is 4.39. The molecule has 7 heteroatoms. The van der Waals surface area contributed by atoms with Gasteiger partial charge in [-0.25, -0.2) is 9.67 Å². The highest BCUT2D eigenvalue weighted by Crippen LogP contribution is 2.31. The first-order chi connectivity index (χ1) is 14.6. The number of methoxy groups -OCH3 is 2. The van der Waals surface area contributed by atoms with E-state index in [2.05, 4.69) is 10.4 Å². The molecule has 1 N–H and O–H groups in total. The Balaban J connectivity index is 1.80. The van der Waals surface area contributed by atoms with Crippen LogP contribution in [0.2, 0.25) is 0 Å². The number of nitrogens with one attached hydrogen (secondary N) is 1. The second-order valence-electron chi connectivity index (χ2n) is 6.64. The van der Waals surface area contributed by atoms with Gasteiger partial charge in [-0.2, -0.15) is 5.10 Å². The highest BCUT2D eigenvalue weighted by atomic mass is 16.5. The van der Waals surface area contributed by atoms with E-state index in [0.29, 0.717) is 46.0 Å². The summed E-state index contributed by atoms with van der Waals surface area (Å²) in [6.45, 7) is 2.65. The molecule has 1 amide bonds. The summed E-state index contributed by atoms with van der Waals surface area (Å²) in [6.07, 6.45) is 1.68. The lowest BCUT2D eigenvalue weighted by Gasteiger charge is -2.13. The summed E-state index contributed by atoms with van der Waals surface area (Å²) < 4.78 is 12.4. The molecule has 0 atom stereocenters. The van der Waals surface area contributed by atoms with Gasteiger partial charge in [0.05, 0.1) is 42.7 Å². The topological polar surface area (TPSA) is 78.3 Å². The van der Waals surface area contributed by atoms with Gasteiger partial charge in [0.2, 0.25) is 0 Å². The Bertz CT molecular complexity index is 1200. The SMILES string of the molecule is CCn1ncc2c(C(=O)Nc3ccc(OC)cc3OC)cc(-c3ccccc3)nc21. The third-order valence-corrected chi connectivity index (χ3v) is 4.88. The Morgan fingerprint density at radius 1 is 1.07 bits per heavy atom. The number of aryl methyl sites for hydroxylation is 1. The van der Waals surface area contributed by atoms with Crippen LogP contribution in [-0.2, 0) is 6.54 Å². The Hall–Kier alpha value is -3.87. The fraction of sp³-hybridized carbons (Fsp3) is 0.174. The van der Waals surface area contributed by atoms with E-state index in [0.717, 1.165) is 5.56 Å². The van der Waals surface area contributed by atoms with Gasteiger partial charge in [0.1, 0.15) is 11.5 Å². The van der Waals surface area contributed by atoms with E-state index in [1.54, 1.807) is 49.4 Å². The summed E-state index contributed by atoms with van der Waals surface area (Å²) in [5.41, 5.74) is 3.36. The molecule has 0 fully saturated rings. The summed E-state index contributed by atoms with van der Waals surface area (Å²) >= 11 is 0. The zero-order valence-corrected chi connectivity index (χ0v) is 17.0. The monoisotopic (exact) mass is 402 g/mol. The molecule has 0 bridgehead atoms. The summed E-state index contributed by atoms with van der Waals surface area (Å²) in [5.74, 6) is 0.894. The van der Waals surface area contributed by atoms with Crippen LogP contribution in [-0.4, -0.2) is 34.9 Å². The van der Waals surface area contributed by atoms with Crippen molar-refractivity contribution in [3.05, 3.63) is 66.4 Å². The molecule has 0 saturated carbocycles. The molecular weight excluding hydrogens is 380 g/mol. The van der Waals surface area contributed by atoms with Crippen molar-refractivity contribution in [2.45, 2.75) is 13.5 Å². The molecule has 30 heavy (non-hydrogen) atoms. The van der Waals surface area contributed by atoms with Gasteiger partial charge < -0.3 is 14.8 Å². The molecule has 0 aliphatic heterocycles. The van der Waals surface area contributed by atoms with E-state index in [4.69, 9.17) is 14.5 Å². The number of hydrogen-bond acceptors (Lipinski definition) is 5. The van der Waals surface area contributed by atoms with Crippen molar-refractivity contribution >= 4 is 22.6 Å². The number of anilines is 1. The zero-order chi connectivity index (χ0) is 21.1. The largest absolute Gasteiger partial charge is 0.497 e. The van der Waals surface area contributed by atoms with E-state index in [9.17, 15) is 4.79 Å². The first-order valence-corrected chi connectivity index (χ1v) is 9.60. The lowest BCUT2D eigenvalue weighted by atomic mass is 10.1. The number of hydrogen-bond donors (Lipinski definition) is 1. The van der Waals surface area contributed by atoms with Crippen LogP contribution in [0, 0.1) is 0 Å². The average Bonchev–Trinajstić information content (AvgIpc) is 3.22. The van der Waals surface area contributed by atoms with Crippen molar-refractivity contribution < 1.29 is 14.3 Å². The van der Waals surface area contributed by atoms with Gasteiger partial charge in [-0.1, -0.05) is 30.3 Å². The molecule has 4 aromatic rings. The van der Waals surface area contributed by atoms with E-state index >= 15 is 0 Å². The number of carbonyl (C=O) groups is 1. The number of carbonyl (C=O) groups excluding carboxylic acids is 1. The van der Waals surface area contributed by atoms with Crippen LogP contribution in [0.1, 0.15) is 17.3 Å². The molecule has 0 saturated heterocycles. The number of aromatic nitrogens is 3. The molecule has 152 valence electrons. The van der Waals surface area contributed by atoms with Crippen LogP contribution >= 0.6 is 0 Å². The van der Waals surface area contributed by atoms with Crippen LogP contribution in [0.3, 0.4) is 0 Å². The minimum atomic E-state index is -0.265. The van der Waals surface area contributed by atoms with Crippen molar-refractivity contribution in [3.8, 4) is 22.8 Å². The van der Waals surface area contributed by atoms with Gasteiger partial charge in [-0.05, 0) is 25.1 Å². The summed E-state index contributed by atoms with van der Waals surface area (Å²) in [4.78, 5) is 18.0. The third kappa shape index (κ3) is 3.57. The number of pyridine rings is 1. The summed E-state index contributed by atoms with van der Waals surface area (Å²) in [5, 5.41) is 8.03. The van der Waals surface area contributed by atoms with Gasteiger partial charge in [0.15, 0.2) is 5.65 Å². The molecule has 2 heterocycles. The fourth-order valence-electron chi connectivity index (χ4n) is 3.32. The highest BCUT2D eigenvalue weighted by molar-refractivity contribution is 6.13. The highest BCUT2D eigenvalue weighted by Gasteiger charge is 2.18. The Labute approximate surface area is 174 Å². The standard InChI is InChI=1S/C23H22N4O3/c1-4-27-22-18(14-24-27)17(13-20(25-22)15-8-6-5-7-9-15)23(28)26-19-11-10-16(29-2)12-21(19)30-3/h5-14H,4H2,1-3H3,(H,26,28). The first-order valence-electron chi connectivity index (χ1n) is 9.60. The second-order valence-corrected chi connectivity index (χ2v) is 6.64. The Morgan fingerprint density at radius 2 is 1.87 bits per heavy atom. The maximum absolute atomic E-state index is 13.3. The van der Waals surface area contributed by atoms with Crippen LogP contribution in [0.4, 0.5) is 5.69 Å². The number of ether oxygens (including phenoxy) is 2. The van der Waals surface area contributed by atoms with E-state index in [-0.39, 0.29) is 5.91 Å². The molecule has 4 rings (SSSR count). The lowest BCUT2D eigenvalue weighted by molar-refractivity contribution is 0.102. The number of benzene rings is 2. The molecular formula is C23H22N4O3. The molecule has 0 spiro atoms. The molecule has 0 radical (unpaired) electrons. The summed E-state index contributed by atoms with van der Waals surface area (Å²) in [6, 6.07) is 16.8. The van der Waals surface area contributed by atoms with Crippen LogP contribution < -0.4 is 14.8 Å². The van der Waals surface area contributed by atoms with E-state index in [1.165, 1.54) is 0 Å². The van der Waals surface area contributed by atoms with Crippen molar-refractivity contribution in [1.82, 2.24) is 14.8 Å². The minimum Gasteiger partial charge on any atom is -0.497 e. The van der Waals surface area contributed by atoms with Crippen LogP contribution in [0.25, 0.3) is 22.3 Å². The molecule has 0 aliphatic rings. The number of rotatable bonds is 6. The van der Waals surface area contributed by atoms with Gasteiger partial charge >= 0.3 is 0 Å². The lowest BCUT2D eigenvalue weighted by Crippen LogP contribution is -2.14. The molecule has 7 nitrogen and oxygen atoms in total. The number of nitrogens with zero attached hydrogens (tertiary/aromatic N) is 3. The first kappa shape index (κ1) is 19.4. The van der Waals surface area contributed by atoms with Crippen molar-refractivity contribution in [2.24, 2.45) is 0 Å². The Morgan fingerprint density at radius 3 is 2.57 bits per heavy atom. The molecule has 0 aliphatic carbocycles. The quantitative estimate of drug-likeness (QED) is 0.518. The van der Waals surface area contributed by atoms with Crippen molar-refractivity contribution in [1.29, 1.82) is 0 Å². The van der Waals surface area contributed by atoms with Gasteiger partial charge in [-0.15, -0.1) is 0 Å². The number of amides is 1. The second kappa shape index (κ2) is 8.24. The normalized spacial score (nSPS) is 10.8. The van der Waals surface area contributed by atoms with Crippen LogP contribution in [0.5, 0.6) is 11.5 Å². The molecule has 2 aromatic carbocycles. The maximum atomic E-state index is 13.3. The van der Waals surface area contributed by atoms with E-state index < -0.39 is 0 Å². The van der Waals surface area contributed by atoms with Crippen molar-refractivity contribution in [2.75, 3.05) is 19.5 Å². The molecule has 2 aromatic heterocycles. The zero-order valence-electron chi connectivity index (χ0n) is 17.0. The van der Waals surface area contributed by atoms with Gasteiger partial charge in [0.25, 0.3) is 5.91 Å². The van der Waals surface area contributed by atoms with Gasteiger partial charge in [0, 0.05) is 18.2 Å². The maximum Gasteiger partial charge on any atom is 0.256 e. The summed E-state index contributed by atoms with van der Waals surface area (Å²) in [7, 11) is 3.13. The average molecular weight is 402 g/mol. The predicted molar refractivity (Wildman–Crippen MR) is 116 cm³/mol. The van der Waals surface area contributed by atoms with Crippen molar-refractivity contribution in [3.63, 3.8) is 0 Å². The third-order valence-electron chi connectivity index (χ3n) is 4.88. The Kier molecular flexibility index (Phi) is 5.34. The molecule has 0 unspecified atom stereocenters. The van der Waals surface area contributed by atoms with Gasteiger partial charge in [-0.3, -0.25) is 4.79 Å². The fourth-order valence-corrected chi connectivity index (χ4v) is 3.32. The smallest absolute Gasteiger partial charge is 0.256 e.